The third-order valence-corrected chi connectivity index (χ3v) is 5.99. The summed E-state index contributed by atoms with van der Waals surface area (Å²) >= 11 is 0. The molecule has 3 aromatic rings. The van der Waals surface area contributed by atoms with Gasteiger partial charge in [-0.15, -0.1) is 0 Å². The number of methoxy groups -OCH3 is 1. The van der Waals surface area contributed by atoms with Gasteiger partial charge in [0.1, 0.15) is 23.3 Å². The van der Waals surface area contributed by atoms with Crippen molar-refractivity contribution in [2.45, 2.75) is 12.1 Å². The molecule has 1 saturated heterocycles. The highest BCUT2D eigenvalue weighted by atomic mass is 16.5. The number of fused-ring (bicyclic) bond motifs is 1. The van der Waals surface area contributed by atoms with Gasteiger partial charge in [0.15, 0.2) is 0 Å². The first-order valence-corrected chi connectivity index (χ1v) is 10.9. The lowest BCUT2D eigenvalue weighted by atomic mass is 9.91. The minimum atomic E-state index is -0.897. The second-order valence-corrected chi connectivity index (χ2v) is 8.52. The minimum Gasteiger partial charge on any atom is -0.497 e. The zero-order valence-corrected chi connectivity index (χ0v) is 18.9. The number of amides is 1. The number of ether oxygens (including phenoxy) is 2. The fourth-order valence-corrected chi connectivity index (χ4v) is 3.99. The molecule has 0 saturated carbocycles. The van der Waals surface area contributed by atoms with Crippen LogP contribution < -0.4 is 4.74 Å². The van der Waals surface area contributed by atoms with Gasteiger partial charge in [-0.05, 0) is 42.4 Å². The Bertz CT molecular complexity index is 1140. The van der Waals surface area contributed by atoms with Gasteiger partial charge >= 0.3 is 0 Å². The van der Waals surface area contributed by atoms with Crippen molar-refractivity contribution in [2.24, 2.45) is 0 Å². The first kappa shape index (κ1) is 23.0. The zero-order valence-electron chi connectivity index (χ0n) is 18.9. The zero-order chi connectivity index (χ0) is 23.4. The summed E-state index contributed by atoms with van der Waals surface area (Å²) in [5.41, 5.74) is 2.29. The number of aromatic nitrogens is 1. The predicted octanol–water partition coefficient (Wildman–Crippen LogP) is 2.17. The molecule has 1 aromatic heterocycles. The van der Waals surface area contributed by atoms with Crippen molar-refractivity contribution in [3.8, 4) is 5.75 Å². The van der Waals surface area contributed by atoms with Crippen LogP contribution >= 0.6 is 0 Å². The third kappa shape index (κ3) is 5.08. The number of aromatic amines is 1. The Morgan fingerprint density at radius 1 is 1.21 bits per heavy atom. The van der Waals surface area contributed by atoms with Gasteiger partial charge in [-0.25, -0.2) is 0 Å². The number of benzene rings is 2. The Balaban J connectivity index is 1.39. The van der Waals surface area contributed by atoms with E-state index >= 15 is 0 Å². The number of rotatable bonds is 10. The van der Waals surface area contributed by atoms with Crippen LogP contribution in [-0.2, 0) is 21.7 Å². The van der Waals surface area contributed by atoms with Gasteiger partial charge in [-0.1, -0.05) is 24.3 Å². The summed E-state index contributed by atoms with van der Waals surface area (Å²) in [6.07, 6.45) is 0.744. The number of carbonyl (C=O) groups is 2. The highest BCUT2D eigenvalue weighted by Crippen LogP contribution is 2.29. The van der Waals surface area contributed by atoms with Crippen LogP contribution in [0.25, 0.3) is 10.9 Å². The number of aliphatic hydroxyl groups is 1. The van der Waals surface area contributed by atoms with E-state index in [1.54, 1.807) is 13.2 Å². The smallest absolute Gasteiger partial charge is 0.270 e. The second-order valence-electron chi connectivity index (χ2n) is 8.52. The van der Waals surface area contributed by atoms with Gasteiger partial charge < -0.3 is 34.2 Å². The van der Waals surface area contributed by atoms with Crippen LogP contribution in [0.3, 0.4) is 0 Å². The summed E-state index contributed by atoms with van der Waals surface area (Å²) in [5, 5.41) is 11.4. The normalized spacial score (nSPS) is 14.8. The fourth-order valence-electron chi connectivity index (χ4n) is 3.99. The molecule has 0 atom stereocenters. The monoisotopic (exact) mass is 451 g/mol. The molecule has 1 amide bonds. The number of hydrogen-bond donors (Lipinski definition) is 2. The summed E-state index contributed by atoms with van der Waals surface area (Å²) in [6, 6.07) is 15.2. The Labute approximate surface area is 192 Å². The van der Waals surface area contributed by atoms with Crippen molar-refractivity contribution >= 4 is 23.1 Å². The van der Waals surface area contributed by atoms with E-state index in [9.17, 15) is 14.7 Å². The number of hydrogen-bond acceptors (Lipinski definition) is 6. The van der Waals surface area contributed by atoms with E-state index in [0.29, 0.717) is 44.3 Å². The molecule has 1 aliphatic heterocycles. The summed E-state index contributed by atoms with van der Waals surface area (Å²) in [4.78, 5) is 31.1. The van der Waals surface area contributed by atoms with E-state index in [2.05, 4.69) is 9.88 Å². The number of nitrogens with one attached hydrogen (secondary N) is 1. The number of H-pyrrole nitrogens is 1. The number of likely N-dealkylation sites (N-methyl/N-ethyl adjacent to an activating group) is 1. The molecule has 8 heteroatoms. The summed E-state index contributed by atoms with van der Waals surface area (Å²) in [5.74, 6) is 0.493. The van der Waals surface area contributed by atoms with Crippen LogP contribution in [0.1, 0.15) is 21.6 Å². The highest BCUT2D eigenvalue weighted by Gasteiger charge is 2.37. The Morgan fingerprint density at radius 3 is 2.73 bits per heavy atom. The summed E-state index contributed by atoms with van der Waals surface area (Å²) < 4.78 is 10.4. The first-order chi connectivity index (χ1) is 15.9. The molecule has 2 aromatic carbocycles. The molecule has 4 rings (SSSR count). The van der Waals surface area contributed by atoms with E-state index in [0.717, 1.165) is 28.3 Å². The third-order valence-electron chi connectivity index (χ3n) is 5.99. The molecule has 0 unspecified atom stereocenters. The van der Waals surface area contributed by atoms with Gasteiger partial charge in [0.25, 0.3) is 5.91 Å². The van der Waals surface area contributed by atoms with Crippen LogP contribution in [0.15, 0.2) is 48.5 Å². The maximum Gasteiger partial charge on any atom is 0.270 e. The first-order valence-electron chi connectivity index (χ1n) is 10.9. The van der Waals surface area contributed by atoms with Gasteiger partial charge in [0, 0.05) is 30.5 Å². The fraction of sp³-hybridized carbons (Fsp3) is 0.360. The quantitative estimate of drug-likeness (QED) is 0.459. The van der Waals surface area contributed by atoms with Crippen LogP contribution in [0.2, 0.25) is 0 Å². The maximum atomic E-state index is 13.1. The number of nitrogens with zero attached hydrogens (tertiary/aromatic N) is 2. The van der Waals surface area contributed by atoms with E-state index in [-0.39, 0.29) is 12.5 Å². The van der Waals surface area contributed by atoms with Crippen LogP contribution in [0.4, 0.5) is 0 Å². The lowest BCUT2D eigenvalue weighted by molar-refractivity contribution is -0.184. The molecule has 174 valence electrons. The second kappa shape index (κ2) is 9.74. The molecule has 0 aliphatic carbocycles. The maximum absolute atomic E-state index is 13.1. The van der Waals surface area contributed by atoms with Gasteiger partial charge in [0.2, 0.25) is 0 Å². The molecule has 0 radical (unpaired) electrons. The average Bonchev–Trinajstić information content (AvgIpc) is 3.23. The molecule has 0 bridgehead atoms. The highest BCUT2D eigenvalue weighted by molar-refractivity contribution is 5.98. The Kier molecular flexibility index (Phi) is 6.78. The molecule has 8 nitrogen and oxygen atoms in total. The standard InChI is InChI=1S/C25H29N3O5/c1-27(15-18-4-3-5-20(12-18)25(31)16-33-17-25)8-9-28(10-11-29)24(30)23-14-19-13-21(32-2)6-7-22(19)26-23/h3-7,11-14,26,31H,8-10,15-17H2,1-2H3. The lowest BCUT2D eigenvalue weighted by Crippen LogP contribution is -2.46. The van der Waals surface area contributed by atoms with Gasteiger partial charge in [0.05, 0.1) is 26.9 Å². The molecular formula is C25H29N3O5. The van der Waals surface area contributed by atoms with E-state index in [1.807, 2.05) is 49.5 Å². The van der Waals surface area contributed by atoms with E-state index in [4.69, 9.17) is 9.47 Å². The Morgan fingerprint density at radius 2 is 2.03 bits per heavy atom. The number of carbonyl (C=O) groups excluding carboxylic acids is 2. The Hall–Kier alpha value is -3.20. The van der Waals surface area contributed by atoms with Gasteiger partial charge in [-0.3, -0.25) is 4.79 Å². The van der Waals surface area contributed by atoms with Crippen LogP contribution in [0, 0.1) is 0 Å². The molecule has 2 heterocycles. The molecular weight excluding hydrogens is 422 g/mol. The topological polar surface area (TPSA) is 95.1 Å². The average molecular weight is 452 g/mol. The van der Waals surface area contributed by atoms with Crippen molar-refractivity contribution in [2.75, 3.05) is 47.0 Å². The van der Waals surface area contributed by atoms with Crippen molar-refractivity contribution in [3.63, 3.8) is 0 Å². The van der Waals surface area contributed by atoms with Crippen molar-refractivity contribution < 1.29 is 24.2 Å². The number of aldehydes is 1. The van der Waals surface area contributed by atoms with E-state index in [1.165, 1.54) is 4.90 Å². The minimum absolute atomic E-state index is 0.0217. The molecule has 0 spiro atoms. The van der Waals surface area contributed by atoms with Crippen molar-refractivity contribution in [1.82, 2.24) is 14.8 Å². The molecule has 1 fully saturated rings. The lowest BCUT2D eigenvalue weighted by Gasteiger charge is -2.37. The summed E-state index contributed by atoms with van der Waals surface area (Å²) in [6.45, 7) is 2.30. The van der Waals surface area contributed by atoms with Gasteiger partial charge in [-0.2, -0.15) is 0 Å². The predicted molar refractivity (Wildman–Crippen MR) is 124 cm³/mol. The van der Waals surface area contributed by atoms with Crippen LogP contribution in [0.5, 0.6) is 5.75 Å². The van der Waals surface area contributed by atoms with E-state index < -0.39 is 5.60 Å². The molecule has 33 heavy (non-hydrogen) atoms. The molecule has 2 N–H and O–H groups in total. The SMILES string of the molecule is COc1ccc2[nH]c(C(=O)N(CC=O)CCN(C)Cc3cccc(C4(O)COC4)c3)cc2c1. The van der Waals surface area contributed by atoms with Crippen molar-refractivity contribution in [1.29, 1.82) is 0 Å². The van der Waals surface area contributed by atoms with Crippen molar-refractivity contribution in [3.05, 3.63) is 65.4 Å². The largest absolute Gasteiger partial charge is 0.497 e. The summed E-state index contributed by atoms with van der Waals surface area (Å²) in [7, 11) is 3.56. The molecule has 1 aliphatic rings. The van der Waals surface area contributed by atoms with Crippen LogP contribution in [-0.4, -0.2) is 79.1 Å².